The van der Waals surface area contributed by atoms with Gasteiger partial charge in [-0.15, -0.1) is 0 Å². The highest BCUT2D eigenvalue weighted by atomic mass is 16.6. The zero-order chi connectivity index (χ0) is 21.3. The number of hydrogen-bond donors (Lipinski definition) is 1. The zero-order valence-corrected chi connectivity index (χ0v) is 17.0. The molecule has 1 fully saturated rings. The van der Waals surface area contributed by atoms with E-state index in [1.54, 1.807) is 12.1 Å². The molecule has 0 saturated carbocycles. The van der Waals surface area contributed by atoms with Gasteiger partial charge >= 0.3 is 5.97 Å². The molecule has 0 radical (unpaired) electrons. The molecule has 0 atom stereocenters. The Morgan fingerprint density at radius 2 is 1.80 bits per heavy atom. The summed E-state index contributed by atoms with van der Waals surface area (Å²) < 4.78 is 4.87. The average Bonchev–Trinajstić information content (AvgIpc) is 2.79. The number of esters is 1. The molecule has 3 rings (SSSR count). The molecule has 0 unspecified atom stereocenters. The van der Waals surface area contributed by atoms with Crippen molar-refractivity contribution in [3.63, 3.8) is 0 Å². The summed E-state index contributed by atoms with van der Waals surface area (Å²) >= 11 is 0. The van der Waals surface area contributed by atoms with Crippen molar-refractivity contribution in [2.45, 2.75) is 25.9 Å². The molecule has 1 heterocycles. The van der Waals surface area contributed by atoms with E-state index in [1.807, 2.05) is 30.3 Å². The second-order valence-electron chi connectivity index (χ2n) is 7.19. The van der Waals surface area contributed by atoms with Crippen LogP contribution in [0.25, 0.3) is 0 Å². The van der Waals surface area contributed by atoms with E-state index in [0.717, 1.165) is 29.9 Å². The monoisotopic (exact) mass is 410 g/mol. The number of aliphatic imine (C=N–C) groups is 1. The van der Waals surface area contributed by atoms with Gasteiger partial charge in [0.25, 0.3) is 5.69 Å². The number of non-ortho nitro benzene ring substituents is 1. The molecule has 1 aliphatic heterocycles. The third-order valence-corrected chi connectivity index (χ3v) is 5.18. The molecular formula is C22H26N4O4. The van der Waals surface area contributed by atoms with Crippen molar-refractivity contribution in [1.29, 1.82) is 0 Å². The first kappa shape index (κ1) is 21.3. The van der Waals surface area contributed by atoms with Gasteiger partial charge in [0, 0.05) is 31.8 Å². The summed E-state index contributed by atoms with van der Waals surface area (Å²) in [5.41, 5.74) is 2.11. The van der Waals surface area contributed by atoms with Crippen LogP contribution in [0.1, 0.15) is 24.0 Å². The quantitative estimate of drug-likeness (QED) is 0.258. The number of carbonyl (C=O) groups is 1. The van der Waals surface area contributed by atoms with Gasteiger partial charge < -0.3 is 15.0 Å². The molecule has 0 amide bonds. The van der Waals surface area contributed by atoms with Crippen molar-refractivity contribution in [3.8, 4) is 0 Å². The van der Waals surface area contributed by atoms with Crippen LogP contribution in [-0.2, 0) is 22.6 Å². The van der Waals surface area contributed by atoms with Gasteiger partial charge in [-0.2, -0.15) is 0 Å². The molecule has 0 spiro atoms. The maximum absolute atomic E-state index is 11.8. The third kappa shape index (κ3) is 5.79. The second kappa shape index (κ2) is 10.4. The highest BCUT2D eigenvalue weighted by Gasteiger charge is 2.27. The molecule has 8 nitrogen and oxygen atoms in total. The highest BCUT2D eigenvalue weighted by molar-refractivity contribution is 5.80. The molecule has 1 aliphatic rings. The molecular weight excluding hydrogens is 384 g/mol. The minimum Gasteiger partial charge on any atom is -0.469 e. The van der Waals surface area contributed by atoms with Gasteiger partial charge in [0.2, 0.25) is 0 Å². The van der Waals surface area contributed by atoms with Crippen LogP contribution in [0, 0.1) is 16.0 Å². The van der Waals surface area contributed by atoms with Gasteiger partial charge in [0.05, 0.1) is 24.5 Å². The van der Waals surface area contributed by atoms with Crippen molar-refractivity contribution in [1.82, 2.24) is 10.2 Å². The largest absolute Gasteiger partial charge is 0.469 e. The number of benzene rings is 2. The summed E-state index contributed by atoms with van der Waals surface area (Å²) in [4.78, 5) is 29.2. The van der Waals surface area contributed by atoms with Crippen molar-refractivity contribution in [3.05, 3.63) is 75.8 Å². The van der Waals surface area contributed by atoms with E-state index >= 15 is 0 Å². The summed E-state index contributed by atoms with van der Waals surface area (Å²) in [5, 5.41) is 14.2. The Kier molecular flexibility index (Phi) is 7.37. The van der Waals surface area contributed by atoms with Crippen molar-refractivity contribution in [2.75, 3.05) is 20.2 Å². The first-order valence-electron chi connectivity index (χ1n) is 9.95. The van der Waals surface area contributed by atoms with Gasteiger partial charge in [-0.05, 0) is 24.0 Å². The minimum atomic E-state index is -0.407. The fraction of sp³-hybridized carbons (Fsp3) is 0.364. The van der Waals surface area contributed by atoms with Crippen molar-refractivity contribution >= 4 is 17.6 Å². The number of nitro benzene ring substituents is 1. The maximum Gasteiger partial charge on any atom is 0.308 e. The van der Waals surface area contributed by atoms with Crippen LogP contribution in [0.5, 0.6) is 0 Å². The highest BCUT2D eigenvalue weighted by Crippen LogP contribution is 2.19. The molecule has 0 aromatic heterocycles. The number of guanidine groups is 1. The topological polar surface area (TPSA) is 97.1 Å². The van der Waals surface area contributed by atoms with Crippen LogP contribution >= 0.6 is 0 Å². The lowest BCUT2D eigenvalue weighted by Gasteiger charge is -2.33. The predicted molar refractivity (Wildman–Crippen MR) is 114 cm³/mol. The molecule has 0 bridgehead atoms. The maximum atomic E-state index is 11.8. The number of nitrogens with one attached hydrogen (secondary N) is 1. The van der Waals surface area contributed by atoms with Crippen LogP contribution in [0.15, 0.2) is 59.6 Å². The van der Waals surface area contributed by atoms with Crippen LogP contribution < -0.4 is 5.32 Å². The van der Waals surface area contributed by atoms with Gasteiger partial charge in [0.15, 0.2) is 5.96 Å². The van der Waals surface area contributed by atoms with E-state index in [0.29, 0.717) is 26.2 Å². The lowest BCUT2D eigenvalue weighted by atomic mass is 9.97. The summed E-state index contributed by atoms with van der Waals surface area (Å²) in [7, 11) is 1.42. The summed E-state index contributed by atoms with van der Waals surface area (Å²) in [5.74, 6) is 0.535. The fourth-order valence-corrected chi connectivity index (χ4v) is 3.43. The Bertz CT molecular complexity index is 876. The Morgan fingerprint density at radius 3 is 2.40 bits per heavy atom. The van der Waals surface area contributed by atoms with Gasteiger partial charge in [-0.25, -0.2) is 4.99 Å². The second-order valence-corrected chi connectivity index (χ2v) is 7.19. The number of ether oxygens (including phenoxy) is 1. The molecule has 0 aliphatic carbocycles. The molecule has 158 valence electrons. The van der Waals surface area contributed by atoms with Crippen molar-refractivity contribution < 1.29 is 14.5 Å². The van der Waals surface area contributed by atoms with Crippen LogP contribution in [0.3, 0.4) is 0 Å². The van der Waals surface area contributed by atoms with E-state index in [4.69, 9.17) is 9.73 Å². The SMILES string of the molecule is COC(=O)C1CCN(C(=NCc2ccccc2)NCc2ccc([N+](=O)[O-])cc2)CC1. The standard InChI is InChI=1S/C22H26N4O4/c1-30-21(27)19-11-13-25(14-12-19)22(23-15-17-5-3-2-4-6-17)24-16-18-7-9-20(10-8-18)26(28)29/h2-10,19H,11-16H2,1H3,(H,23,24). The molecule has 1 N–H and O–H groups in total. The van der Waals surface area contributed by atoms with E-state index < -0.39 is 4.92 Å². The Balaban J connectivity index is 1.67. The Labute approximate surface area is 175 Å². The van der Waals surface area contributed by atoms with Crippen LogP contribution in [0.4, 0.5) is 5.69 Å². The van der Waals surface area contributed by atoms with Crippen LogP contribution in [0.2, 0.25) is 0 Å². The van der Waals surface area contributed by atoms with E-state index in [-0.39, 0.29) is 17.6 Å². The third-order valence-electron chi connectivity index (χ3n) is 5.18. The smallest absolute Gasteiger partial charge is 0.308 e. The number of piperidine rings is 1. The number of hydrogen-bond acceptors (Lipinski definition) is 5. The minimum absolute atomic E-state index is 0.0709. The summed E-state index contributed by atoms with van der Waals surface area (Å²) in [6, 6.07) is 16.5. The first-order chi connectivity index (χ1) is 14.6. The van der Waals surface area contributed by atoms with Crippen molar-refractivity contribution in [2.24, 2.45) is 10.9 Å². The van der Waals surface area contributed by atoms with Gasteiger partial charge in [-0.1, -0.05) is 42.5 Å². The Hall–Kier alpha value is -3.42. The first-order valence-corrected chi connectivity index (χ1v) is 9.95. The van der Waals surface area contributed by atoms with E-state index in [1.165, 1.54) is 19.2 Å². The Morgan fingerprint density at radius 1 is 1.13 bits per heavy atom. The van der Waals surface area contributed by atoms with Gasteiger partial charge in [-0.3, -0.25) is 14.9 Å². The molecule has 2 aromatic carbocycles. The molecule has 8 heteroatoms. The number of methoxy groups -OCH3 is 1. The van der Waals surface area contributed by atoms with Crippen LogP contribution in [-0.4, -0.2) is 42.0 Å². The van der Waals surface area contributed by atoms with Gasteiger partial charge in [0.1, 0.15) is 0 Å². The number of nitrogens with zero attached hydrogens (tertiary/aromatic N) is 3. The summed E-state index contributed by atoms with van der Waals surface area (Å²) in [6.07, 6.45) is 1.44. The molecule has 30 heavy (non-hydrogen) atoms. The van der Waals surface area contributed by atoms with E-state index in [2.05, 4.69) is 10.2 Å². The lowest BCUT2D eigenvalue weighted by molar-refractivity contribution is -0.384. The predicted octanol–water partition coefficient (Wildman–Crippen LogP) is 3.13. The summed E-state index contributed by atoms with van der Waals surface area (Å²) in [6.45, 7) is 2.46. The number of carbonyl (C=O) groups excluding carboxylic acids is 1. The number of nitro groups is 1. The van der Waals surface area contributed by atoms with E-state index in [9.17, 15) is 14.9 Å². The number of rotatable bonds is 6. The molecule has 1 saturated heterocycles. The normalized spacial score (nSPS) is 15.0. The average molecular weight is 410 g/mol. The number of likely N-dealkylation sites (tertiary alicyclic amines) is 1. The zero-order valence-electron chi connectivity index (χ0n) is 17.0. The molecule has 2 aromatic rings. The lowest BCUT2D eigenvalue weighted by Crippen LogP contribution is -2.46. The fourth-order valence-electron chi connectivity index (χ4n) is 3.43.